The van der Waals surface area contributed by atoms with E-state index in [1.165, 1.54) is 23.5 Å². The molecule has 0 aliphatic carbocycles. The largest absolute Gasteiger partial charge is 0.398 e. The normalized spacial score (nSPS) is 12.0. The van der Waals surface area contributed by atoms with E-state index in [0.29, 0.717) is 5.02 Å². The first-order chi connectivity index (χ1) is 9.30. The molecule has 0 fully saturated rings. The number of nitrogens with two attached hydrogens (primary N) is 1. The first-order valence-corrected chi connectivity index (χ1v) is 7.61. The number of nitrogens with zero attached hydrogens (tertiary/aromatic N) is 3. The maximum absolute atomic E-state index is 12.5. The van der Waals surface area contributed by atoms with Crippen LogP contribution in [0.5, 0.6) is 0 Å². The summed E-state index contributed by atoms with van der Waals surface area (Å²) in [6, 6.07) is 4.39. The molecule has 1 aromatic heterocycles. The lowest BCUT2D eigenvalue weighted by Gasteiger charge is -2.17. The van der Waals surface area contributed by atoms with E-state index in [2.05, 4.69) is 5.10 Å². The van der Waals surface area contributed by atoms with E-state index in [0.717, 1.165) is 5.56 Å². The smallest absolute Gasteiger partial charge is 0.245 e. The Labute approximate surface area is 122 Å². The van der Waals surface area contributed by atoms with Crippen LogP contribution in [0.3, 0.4) is 0 Å². The summed E-state index contributed by atoms with van der Waals surface area (Å²) in [5.41, 5.74) is 6.69. The third-order valence-corrected chi connectivity index (χ3v) is 4.92. The van der Waals surface area contributed by atoms with Crippen molar-refractivity contribution in [3.8, 4) is 0 Å². The van der Waals surface area contributed by atoms with Crippen LogP contribution in [0.15, 0.2) is 35.5 Å². The van der Waals surface area contributed by atoms with Crippen molar-refractivity contribution in [2.75, 3.05) is 12.8 Å². The van der Waals surface area contributed by atoms with Crippen LogP contribution < -0.4 is 5.73 Å². The Balaban J connectivity index is 2.32. The van der Waals surface area contributed by atoms with E-state index in [1.807, 2.05) is 0 Å². The molecule has 0 spiro atoms. The summed E-state index contributed by atoms with van der Waals surface area (Å²) in [5.74, 6) is 0. The molecule has 0 atom stereocenters. The van der Waals surface area contributed by atoms with Crippen LogP contribution in [0.4, 0.5) is 5.69 Å². The molecule has 2 N–H and O–H groups in total. The number of hydrogen-bond donors (Lipinski definition) is 1. The fourth-order valence-electron chi connectivity index (χ4n) is 1.80. The SMILES string of the molecule is CN(Cc1cnn(C)c1)S(=O)(=O)c1cc(Cl)ccc1N. The van der Waals surface area contributed by atoms with Gasteiger partial charge in [0, 0.05) is 37.4 Å². The quantitative estimate of drug-likeness (QED) is 0.867. The van der Waals surface area contributed by atoms with Gasteiger partial charge in [-0.2, -0.15) is 9.40 Å². The van der Waals surface area contributed by atoms with Crippen LogP contribution in [0.25, 0.3) is 0 Å². The second kappa shape index (κ2) is 5.43. The fourth-order valence-corrected chi connectivity index (χ4v) is 3.33. The van der Waals surface area contributed by atoms with Crippen LogP contribution in [0.1, 0.15) is 5.56 Å². The number of aromatic nitrogens is 2. The second-order valence-electron chi connectivity index (χ2n) is 4.47. The lowest BCUT2D eigenvalue weighted by molar-refractivity contribution is 0.467. The van der Waals surface area contributed by atoms with Crippen molar-refractivity contribution < 1.29 is 8.42 Å². The highest BCUT2D eigenvalue weighted by atomic mass is 35.5. The molecule has 8 heteroatoms. The standard InChI is InChI=1S/C12H15ClN4O2S/c1-16-7-9(6-15-16)8-17(2)20(18,19)12-5-10(13)3-4-11(12)14/h3-7H,8,14H2,1-2H3. The highest BCUT2D eigenvalue weighted by Crippen LogP contribution is 2.25. The lowest BCUT2D eigenvalue weighted by Crippen LogP contribution is -2.27. The van der Waals surface area contributed by atoms with Crippen LogP contribution in [-0.2, 0) is 23.6 Å². The third kappa shape index (κ3) is 2.95. The molecule has 2 aromatic rings. The van der Waals surface area contributed by atoms with Crippen molar-refractivity contribution in [2.45, 2.75) is 11.4 Å². The lowest BCUT2D eigenvalue weighted by atomic mass is 10.3. The first-order valence-electron chi connectivity index (χ1n) is 5.79. The molecule has 6 nitrogen and oxygen atoms in total. The summed E-state index contributed by atoms with van der Waals surface area (Å²) in [6.45, 7) is 0.210. The maximum Gasteiger partial charge on any atom is 0.245 e. The van der Waals surface area contributed by atoms with Crippen molar-refractivity contribution in [1.82, 2.24) is 14.1 Å². The molecule has 0 aliphatic heterocycles. The van der Waals surface area contributed by atoms with Gasteiger partial charge in [-0.25, -0.2) is 8.42 Å². The van der Waals surface area contributed by atoms with E-state index in [4.69, 9.17) is 17.3 Å². The Morgan fingerprint density at radius 1 is 1.45 bits per heavy atom. The van der Waals surface area contributed by atoms with Gasteiger partial charge >= 0.3 is 0 Å². The van der Waals surface area contributed by atoms with Crippen molar-refractivity contribution in [1.29, 1.82) is 0 Å². The van der Waals surface area contributed by atoms with E-state index in [-0.39, 0.29) is 17.1 Å². The zero-order chi connectivity index (χ0) is 14.9. The second-order valence-corrected chi connectivity index (χ2v) is 6.92. The minimum atomic E-state index is -3.69. The van der Waals surface area contributed by atoms with Gasteiger partial charge < -0.3 is 5.73 Å². The molecule has 0 radical (unpaired) electrons. The van der Waals surface area contributed by atoms with Gasteiger partial charge in [-0.1, -0.05) is 11.6 Å². The Morgan fingerprint density at radius 3 is 2.75 bits per heavy atom. The minimum Gasteiger partial charge on any atom is -0.398 e. The topological polar surface area (TPSA) is 81.2 Å². The minimum absolute atomic E-state index is 0.0105. The molecular formula is C12H15ClN4O2S. The van der Waals surface area contributed by atoms with Gasteiger partial charge in [-0.3, -0.25) is 4.68 Å². The van der Waals surface area contributed by atoms with Crippen molar-refractivity contribution in [2.24, 2.45) is 7.05 Å². The highest BCUT2D eigenvalue weighted by Gasteiger charge is 2.24. The first kappa shape index (κ1) is 14.8. The Kier molecular flexibility index (Phi) is 4.03. The van der Waals surface area contributed by atoms with Crippen molar-refractivity contribution in [3.05, 3.63) is 41.2 Å². The summed E-state index contributed by atoms with van der Waals surface area (Å²) >= 11 is 5.84. The van der Waals surface area contributed by atoms with E-state index < -0.39 is 10.0 Å². The number of hydrogen-bond acceptors (Lipinski definition) is 4. The number of sulfonamides is 1. The summed E-state index contributed by atoms with van der Waals surface area (Å²) in [7, 11) is -0.435. The van der Waals surface area contributed by atoms with Crippen LogP contribution in [-0.4, -0.2) is 29.6 Å². The van der Waals surface area contributed by atoms with Gasteiger partial charge in [0.1, 0.15) is 4.90 Å². The van der Waals surface area contributed by atoms with Gasteiger partial charge in [0.25, 0.3) is 0 Å². The van der Waals surface area contributed by atoms with Gasteiger partial charge in [-0.05, 0) is 18.2 Å². The molecule has 108 valence electrons. The van der Waals surface area contributed by atoms with Crippen LogP contribution >= 0.6 is 11.6 Å². The summed E-state index contributed by atoms with van der Waals surface area (Å²) in [5, 5.41) is 4.33. The Bertz CT molecular complexity index is 727. The molecule has 0 unspecified atom stereocenters. The van der Waals surface area contributed by atoms with Crippen LogP contribution in [0.2, 0.25) is 5.02 Å². The molecule has 1 aromatic carbocycles. The predicted molar refractivity (Wildman–Crippen MR) is 77.7 cm³/mol. The molecule has 0 aliphatic rings. The van der Waals surface area contributed by atoms with E-state index in [1.54, 1.807) is 30.2 Å². The number of benzene rings is 1. The van der Waals surface area contributed by atoms with Gasteiger partial charge in [0.15, 0.2) is 0 Å². The average Bonchev–Trinajstić information content (AvgIpc) is 2.77. The number of aryl methyl sites for hydroxylation is 1. The summed E-state index contributed by atoms with van der Waals surface area (Å²) < 4.78 is 27.8. The number of anilines is 1. The van der Waals surface area contributed by atoms with E-state index in [9.17, 15) is 8.42 Å². The molecule has 1 heterocycles. The molecular weight excluding hydrogens is 300 g/mol. The molecule has 0 amide bonds. The molecule has 0 bridgehead atoms. The van der Waals surface area contributed by atoms with Gasteiger partial charge in [0.05, 0.1) is 11.9 Å². The van der Waals surface area contributed by atoms with Crippen molar-refractivity contribution in [3.63, 3.8) is 0 Å². The van der Waals surface area contributed by atoms with Gasteiger partial charge in [-0.15, -0.1) is 0 Å². The monoisotopic (exact) mass is 314 g/mol. The molecule has 2 rings (SSSR count). The Morgan fingerprint density at radius 2 is 2.15 bits per heavy atom. The number of halogens is 1. The van der Waals surface area contributed by atoms with Gasteiger partial charge in [0.2, 0.25) is 10.0 Å². The molecule has 0 saturated carbocycles. The van der Waals surface area contributed by atoms with E-state index >= 15 is 0 Å². The predicted octanol–water partition coefficient (Wildman–Crippen LogP) is 1.48. The summed E-state index contributed by atoms with van der Waals surface area (Å²) in [6.07, 6.45) is 3.38. The Hall–Kier alpha value is -1.57. The maximum atomic E-state index is 12.5. The summed E-state index contributed by atoms with van der Waals surface area (Å²) in [4.78, 5) is 0.0105. The zero-order valence-electron chi connectivity index (χ0n) is 11.1. The third-order valence-electron chi connectivity index (χ3n) is 2.83. The van der Waals surface area contributed by atoms with Crippen LogP contribution in [0, 0.1) is 0 Å². The highest BCUT2D eigenvalue weighted by molar-refractivity contribution is 7.89. The molecule has 0 saturated heterocycles. The number of rotatable bonds is 4. The molecule has 20 heavy (non-hydrogen) atoms. The average molecular weight is 315 g/mol. The fraction of sp³-hybridized carbons (Fsp3) is 0.250. The zero-order valence-corrected chi connectivity index (χ0v) is 12.7. The van der Waals surface area contributed by atoms with Crippen molar-refractivity contribution >= 4 is 27.3 Å². The number of nitrogen functional groups attached to an aromatic ring is 1.